The number of aromatic nitrogens is 1. The lowest BCUT2D eigenvalue weighted by Crippen LogP contribution is -2.18. The number of aliphatic carboxylic acids is 1. The molecule has 2 N–H and O–H groups in total. The monoisotopic (exact) mass is 338 g/mol. The maximum Gasteiger partial charge on any atom is 0.309 e. The molecule has 0 spiro atoms. The van der Waals surface area contributed by atoms with Crippen molar-refractivity contribution in [3.63, 3.8) is 0 Å². The summed E-state index contributed by atoms with van der Waals surface area (Å²) in [6.07, 6.45) is 3.18. The molecule has 23 heavy (non-hydrogen) atoms. The highest BCUT2D eigenvalue weighted by Gasteiger charge is 2.36. The van der Waals surface area contributed by atoms with E-state index in [1.807, 2.05) is 24.4 Å². The third-order valence-electron chi connectivity index (χ3n) is 4.36. The van der Waals surface area contributed by atoms with Gasteiger partial charge in [-0.3, -0.25) is 4.79 Å². The molecule has 1 aromatic carbocycles. The largest absolute Gasteiger partial charge is 0.481 e. The van der Waals surface area contributed by atoms with Crippen LogP contribution in [0.3, 0.4) is 0 Å². The van der Waals surface area contributed by atoms with Crippen LogP contribution in [0, 0.1) is 5.92 Å². The standard InChI is InChI=1S/C17H22N2O3.ClH/c1-19(2)8-6-11-10-18-14-5-3-4-12(15(11)14)16-13(17(20)21)7-9-22-16;/h3-5,10,13,16,18H,6-9H2,1-2H3,(H,20,21);1H. The van der Waals surface area contributed by atoms with Crippen molar-refractivity contribution >= 4 is 29.3 Å². The van der Waals surface area contributed by atoms with Gasteiger partial charge in [-0.05, 0) is 44.1 Å². The molecule has 0 aliphatic carbocycles. The minimum absolute atomic E-state index is 0. The topological polar surface area (TPSA) is 65.6 Å². The van der Waals surface area contributed by atoms with Crippen molar-refractivity contribution in [2.45, 2.75) is 18.9 Å². The molecular weight excluding hydrogens is 316 g/mol. The number of carboxylic acid groups (broad SMARTS) is 1. The zero-order valence-electron chi connectivity index (χ0n) is 13.4. The molecule has 2 unspecified atom stereocenters. The van der Waals surface area contributed by atoms with Crippen molar-refractivity contribution in [1.29, 1.82) is 0 Å². The average Bonchev–Trinajstić information content (AvgIpc) is 3.11. The summed E-state index contributed by atoms with van der Waals surface area (Å²) in [7, 11) is 4.10. The summed E-state index contributed by atoms with van der Waals surface area (Å²) in [6.45, 7) is 1.46. The SMILES string of the molecule is CN(C)CCc1c[nH]c2cccc(C3OCCC3C(=O)O)c12.Cl. The Morgan fingerprint density at radius 3 is 2.91 bits per heavy atom. The van der Waals surface area contributed by atoms with Gasteiger partial charge in [0.15, 0.2) is 0 Å². The van der Waals surface area contributed by atoms with Gasteiger partial charge >= 0.3 is 5.97 Å². The Morgan fingerprint density at radius 2 is 2.22 bits per heavy atom. The predicted octanol–water partition coefficient (Wildman–Crippen LogP) is 2.86. The molecule has 2 aromatic rings. The van der Waals surface area contributed by atoms with Gasteiger partial charge in [-0.25, -0.2) is 0 Å². The summed E-state index contributed by atoms with van der Waals surface area (Å²) in [5.74, 6) is -1.23. The molecule has 0 radical (unpaired) electrons. The fraction of sp³-hybridized carbons (Fsp3) is 0.471. The molecule has 2 atom stereocenters. The molecule has 1 aromatic heterocycles. The van der Waals surface area contributed by atoms with Gasteiger partial charge < -0.3 is 19.7 Å². The van der Waals surface area contributed by atoms with Crippen molar-refractivity contribution < 1.29 is 14.6 Å². The molecule has 0 bridgehead atoms. The maximum absolute atomic E-state index is 11.5. The second-order valence-corrected chi connectivity index (χ2v) is 6.16. The van der Waals surface area contributed by atoms with Crippen LogP contribution in [0.5, 0.6) is 0 Å². The van der Waals surface area contributed by atoms with E-state index in [1.54, 1.807) is 0 Å². The van der Waals surface area contributed by atoms with E-state index in [0.717, 1.165) is 29.4 Å². The van der Waals surface area contributed by atoms with Crippen LogP contribution in [-0.4, -0.2) is 48.2 Å². The van der Waals surface area contributed by atoms with Gasteiger partial charge in [-0.15, -0.1) is 12.4 Å². The number of halogens is 1. The molecule has 1 saturated heterocycles. The van der Waals surface area contributed by atoms with Crippen LogP contribution in [0.4, 0.5) is 0 Å². The van der Waals surface area contributed by atoms with Gasteiger partial charge in [-0.1, -0.05) is 12.1 Å². The Bertz CT molecular complexity index is 684. The molecule has 0 amide bonds. The van der Waals surface area contributed by atoms with Gasteiger partial charge in [0.25, 0.3) is 0 Å². The van der Waals surface area contributed by atoms with Crippen LogP contribution < -0.4 is 0 Å². The second-order valence-electron chi connectivity index (χ2n) is 6.16. The summed E-state index contributed by atoms with van der Waals surface area (Å²) in [6, 6.07) is 5.99. The van der Waals surface area contributed by atoms with Crippen molar-refractivity contribution in [1.82, 2.24) is 9.88 Å². The lowest BCUT2D eigenvalue weighted by molar-refractivity contribution is -0.143. The van der Waals surface area contributed by atoms with E-state index in [-0.39, 0.29) is 18.5 Å². The quantitative estimate of drug-likeness (QED) is 0.879. The number of carboxylic acids is 1. The Balaban J connectivity index is 0.00000192. The first kappa shape index (κ1) is 17.8. The van der Waals surface area contributed by atoms with Crippen LogP contribution in [-0.2, 0) is 16.0 Å². The third kappa shape index (κ3) is 3.52. The van der Waals surface area contributed by atoms with Crippen molar-refractivity contribution in [3.05, 3.63) is 35.5 Å². The van der Waals surface area contributed by atoms with Gasteiger partial charge in [-0.2, -0.15) is 0 Å². The van der Waals surface area contributed by atoms with E-state index in [4.69, 9.17) is 4.74 Å². The Labute approximate surface area is 142 Å². The summed E-state index contributed by atoms with van der Waals surface area (Å²) >= 11 is 0. The first-order valence-corrected chi connectivity index (χ1v) is 7.66. The number of ether oxygens (including phenoxy) is 1. The van der Waals surface area contributed by atoms with Gasteiger partial charge in [0.1, 0.15) is 0 Å². The Morgan fingerprint density at radius 1 is 1.43 bits per heavy atom. The van der Waals surface area contributed by atoms with Crippen LogP contribution in [0.25, 0.3) is 10.9 Å². The van der Waals surface area contributed by atoms with Crippen LogP contribution in [0.1, 0.15) is 23.7 Å². The van der Waals surface area contributed by atoms with Gasteiger partial charge in [0, 0.05) is 30.3 Å². The number of likely N-dealkylation sites (N-methyl/N-ethyl adjacent to an activating group) is 1. The van der Waals surface area contributed by atoms with Crippen LogP contribution >= 0.6 is 12.4 Å². The number of rotatable bonds is 5. The number of nitrogens with one attached hydrogen (secondary N) is 1. The number of fused-ring (bicyclic) bond motifs is 1. The molecule has 5 nitrogen and oxygen atoms in total. The minimum atomic E-state index is -0.773. The molecule has 126 valence electrons. The fourth-order valence-electron chi connectivity index (χ4n) is 3.21. The summed E-state index contributed by atoms with van der Waals surface area (Å²) < 4.78 is 5.77. The van der Waals surface area contributed by atoms with E-state index >= 15 is 0 Å². The number of hydrogen-bond donors (Lipinski definition) is 2. The van der Waals surface area contributed by atoms with E-state index in [9.17, 15) is 9.90 Å². The highest BCUT2D eigenvalue weighted by Crippen LogP contribution is 2.39. The second kappa shape index (κ2) is 7.34. The van der Waals surface area contributed by atoms with E-state index < -0.39 is 11.9 Å². The van der Waals surface area contributed by atoms with Crippen molar-refractivity contribution in [2.24, 2.45) is 5.92 Å². The van der Waals surface area contributed by atoms with E-state index in [0.29, 0.717) is 13.0 Å². The van der Waals surface area contributed by atoms with E-state index in [1.165, 1.54) is 5.56 Å². The molecule has 2 heterocycles. The lowest BCUT2D eigenvalue weighted by atomic mass is 9.91. The highest BCUT2D eigenvalue weighted by atomic mass is 35.5. The first-order chi connectivity index (χ1) is 10.6. The third-order valence-corrected chi connectivity index (χ3v) is 4.36. The zero-order chi connectivity index (χ0) is 15.7. The molecule has 1 aliphatic heterocycles. The summed E-state index contributed by atoms with van der Waals surface area (Å²) in [4.78, 5) is 16.9. The molecular formula is C17H23ClN2O3. The molecule has 1 aliphatic rings. The number of nitrogens with zero attached hydrogens (tertiary/aromatic N) is 1. The van der Waals surface area contributed by atoms with Crippen LogP contribution in [0.2, 0.25) is 0 Å². The van der Waals surface area contributed by atoms with Gasteiger partial charge in [0.2, 0.25) is 0 Å². The zero-order valence-corrected chi connectivity index (χ0v) is 14.2. The number of benzene rings is 1. The van der Waals surface area contributed by atoms with E-state index in [2.05, 4.69) is 24.0 Å². The number of H-pyrrole nitrogens is 1. The maximum atomic E-state index is 11.5. The Hall–Kier alpha value is -1.56. The first-order valence-electron chi connectivity index (χ1n) is 7.66. The number of hydrogen-bond acceptors (Lipinski definition) is 3. The highest BCUT2D eigenvalue weighted by molar-refractivity contribution is 5.88. The summed E-state index contributed by atoms with van der Waals surface area (Å²) in [5, 5.41) is 10.5. The molecule has 3 rings (SSSR count). The molecule has 0 saturated carbocycles. The lowest BCUT2D eigenvalue weighted by Gasteiger charge is -2.18. The van der Waals surface area contributed by atoms with Crippen molar-refractivity contribution in [3.8, 4) is 0 Å². The Kier molecular flexibility index (Phi) is 5.68. The average molecular weight is 339 g/mol. The minimum Gasteiger partial charge on any atom is -0.481 e. The molecule has 6 heteroatoms. The predicted molar refractivity (Wildman–Crippen MR) is 92.2 cm³/mol. The summed E-state index contributed by atoms with van der Waals surface area (Å²) in [5.41, 5.74) is 3.27. The number of aromatic amines is 1. The van der Waals surface area contributed by atoms with Crippen LogP contribution in [0.15, 0.2) is 24.4 Å². The van der Waals surface area contributed by atoms with Crippen molar-refractivity contribution in [2.75, 3.05) is 27.2 Å². The fourth-order valence-corrected chi connectivity index (χ4v) is 3.21. The normalized spacial score (nSPS) is 20.8. The smallest absolute Gasteiger partial charge is 0.309 e. The number of carbonyl (C=O) groups is 1. The molecule has 1 fully saturated rings. The van der Waals surface area contributed by atoms with Gasteiger partial charge in [0.05, 0.1) is 12.0 Å².